The Balaban J connectivity index is 2.39. The van der Waals surface area contributed by atoms with Crippen molar-refractivity contribution in [2.75, 3.05) is 0 Å². The highest BCUT2D eigenvalue weighted by Crippen LogP contribution is 2.02. The zero-order valence-electron chi connectivity index (χ0n) is 7.87. The van der Waals surface area contributed by atoms with E-state index in [0.717, 1.165) is 17.9 Å². The Morgan fingerprint density at radius 1 is 1.77 bits per heavy atom. The van der Waals surface area contributed by atoms with Crippen LogP contribution in [0.2, 0.25) is 0 Å². The van der Waals surface area contributed by atoms with E-state index in [1.165, 1.54) is 0 Å². The number of nitriles is 1. The summed E-state index contributed by atoms with van der Waals surface area (Å²) in [7, 11) is 0. The molecule has 0 saturated carbocycles. The molecule has 0 radical (unpaired) electrons. The second-order valence-corrected chi connectivity index (χ2v) is 2.91. The van der Waals surface area contributed by atoms with E-state index in [9.17, 15) is 0 Å². The van der Waals surface area contributed by atoms with Crippen LogP contribution in [0.4, 0.5) is 0 Å². The number of aryl methyl sites for hydroxylation is 1. The second kappa shape index (κ2) is 4.63. The largest absolute Gasteiger partial charge is 0.360 e. The Bertz CT molecular complexity index is 300. The summed E-state index contributed by atoms with van der Waals surface area (Å²) in [6.45, 7) is 4.40. The average molecular weight is 179 g/mol. The molecule has 0 amide bonds. The van der Waals surface area contributed by atoms with E-state index >= 15 is 0 Å². The SMILES string of the molecule is CCC(C#N)NCc1cc(C)no1. The number of rotatable bonds is 4. The summed E-state index contributed by atoms with van der Waals surface area (Å²) in [6.07, 6.45) is 0.795. The second-order valence-electron chi connectivity index (χ2n) is 2.91. The highest BCUT2D eigenvalue weighted by molar-refractivity contribution is 5.03. The fraction of sp³-hybridized carbons (Fsp3) is 0.556. The van der Waals surface area contributed by atoms with E-state index < -0.39 is 0 Å². The maximum Gasteiger partial charge on any atom is 0.150 e. The monoisotopic (exact) mass is 179 g/mol. The van der Waals surface area contributed by atoms with Crippen molar-refractivity contribution in [3.63, 3.8) is 0 Å². The fourth-order valence-electron chi connectivity index (χ4n) is 1.00. The van der Waals surface area contributed by atoms with E-state index in [1.54, 1.807) is 0 Å². The molecule has 0 fully saturated rings. The van der Waals surface area contributed by atoms with Gasteiger partial charge in [-0.05, 0) is 13.3 Å². The molecule has 0 aliphatic heterocycles. The first-order chi connectivity index (χ1) is 6.26. The van der Waals surface area contributed by atoms with Crippen molar-refractivity contribution in [3.8, 4) is 6.07 Å². The smallest absolute Gasteiger partial charge is 0.150 e. The quantitative estimate of drug-likeness (QED) is 0.758. The van der Waals surface area contributed by atoms with Gasteiger partial charge < -0.3 is 4.52 Å². The van der Waals surface area contributed by atoms with Crippen LogP contribution in [0.3, 0.4) is 0 Å². The lowest BCUT2D eigenvalue weighted by Gasteiger charge is -2.05. The molecule has 1 aromatic rings. The molecule has 4 heteroatoms. The molecule has 13 heavy (non-hydrogen) atoms. The summed E-state index contributed by atoms with van der Waals surface area (Å²) < 4.78 is 4.98. The Kier molecular flexibility index (Phi) is 3.47. The van der Waals surface area contributed by atoms with Gasteiger partial charge in [0.25, 0.3) is 0 Å². The van der Waals surface area contributed by atoms with Gasteiger partial charge in [0.05, 0.1) is 24.3 Å². The molecule has 0 saturated heterocycles. The summed E-state index contributed by atoms with van der Waals surface area (Å²) in [5.41, 5.74) is 0.863. The van der Waals surface area contributed by atoms with Gasteiger partial charge in [-0.25, -0.2) is 0 Å². The molecule has 1 heterocycles. The van der Waals surface area contributed by atoms with E-state index in [1.807, 2.05) is 19.9 Å². The fourth-order valence-corrected chi connectivity index (χ4v) is 1.00. The molecule has 0 aromatic carbocycles. The van der Waals surface area contributed by atoms with Gasteiger partial charge in [0.1, 0.15) is 0 Å². The Labute approximate surface area is 77.5 Å². The maximum absolute atomic E-state index is 8.65. The predicted octanol–water partition coefficient (Wildman–Crippen LogP) is 1.37. The lowest BCUT2D eigenvalue weighted by Crippen LogP contribution is -2.25. The number of nitrogens with one attached hydrogen (secondary N) is 1. The Hall–Kier alpha value is -1.34. The first kappa shape index (κ1) is 9.75. The van der Waals surface area contributed by atoms with Crippen LogP contribution in [0.15, 0.2) is 10.6 Å². The zero-order chi connectivity index (χ0) is 9.68. The molecule has 1 rings (SSSR count). The highest BCUT2D eigenvalue weighted by atomic mass is 16.5. The third-order valence-electron chi connectivity index (χ3n) is 1.76. The summed E-state index contributed by atoms with van der Waals surface area (Å²) in [5, 5.41) is 15.5. The van der Waals surface area contributed by atoms with Crippen molar-refractivity contribution < 1.29 is 4.52 Å². The Morgan fingerprint density at radius 3 is 3.00 bits per heavy atom. The van der Waals surface area contributed by atoms with E-state index in [4.69, 9.17) is 9.78 Å². The van der Waals surface area contributed by atoms with E-state index in [-0.39, 0.29) is 6.04 Å². The van der Waals surface area contributed by atoms with Crippen LogP contribution >= 0.6 is 0 Å². The third-order valence-corrected chi connectivity index (χ3v) is 1.76. The van der Waals surface area contributed by atoms with Crippen LogP contribution in [0.25, 0.3) is 0 Å². The lowest BCUT2D eigenvalue weighted by atomic mass is 10.2. The van der Waals surface area contributed by atoms with Crippen LogP contribution in [-0.4, -0.2) is 11.2 Å². The minimum absolute atomic E-state index is 0.106. The normalized spacial score (nSPS) is 12.4. The van der Waals surface area contributed by atoms with Crippen LogP contribution in [0.5, 0.6) is 0 Å². The minimum atomic E-state index is -0.106. The molecule has 0 bridgehead atoms. The van der Waals surface area contributed by atoms with Crippen molar-refractivity contribution in [2.45, 2.75) is 32.9 Å². The van der Waals surface area contributed by atoms with Crippen LogP contribution in [0.1, 0.15) is 24.8 Å². The molecular formula is C9H13N3O. The summed E-state index contributed by atoms with van der Waals surface area (Å²) >= 11 is 0. The molecule has 1 unspecified atom stereocenters. The molecule has 1 atom stereocenters. The molecule has 1 aromatic heterocycles. The molecule has 0 aliphatic rings. The van der Waals surface area contributed by atoms with Gasteiger partial charge in [-0.2, -0.15) is 5.26 Å². The van der Waals surface area contributed by atoms with Gasteiger partial charge in [0.2, 0.25) is 0 Å². The van der Waals surface area contributed by atoms with Gasteiger partial charge in [-0.3, -0.25) is 5.32 Å². The van der Waals surface area contributed by atoms with Crippen LogP contribution in [0, 0.1) is 18.3 Å². The number of hydrogen-bond donors (Lipinski definition) is 1. The van der Waals surface area contributed by atoms with Gasteiger partial charge in [-0.15, -0.1) is 0 Å². The molecule has 70 valence electrons. The lowest BCUT2D eigenvalue weighted by molar-refractivity contribution is 0.365. The zero-order valence-corrected chi connectivity index (χ0v) is 7.87. The minimum Gasteiger partial charge on any atom is -0.360 e. The first-order valence-electron chi connectivity index (χ1n) is 4.31. The Morgan fingerprint density at radius 2 is 2.54 bits per heavy atom. The van der Waals surface area contributed by atoms with Crippen molar-refractivity contribution in [1.82, 2.24) is 10.5 Å². The molecule has 0 aliphatic carbocycles. The number of hydrogen-bond acceptors (Lipinski definition) is 4. The van der Waals surface area contributed by atoms with Gasteiger partial charge in [-0.1, -0.05) is 12.1 Å². The third kappa shape index (κ3) is 2.88. The number of nitrogens with zero attached hydrogens (tertiary/aromatic N) is 2. The molecule has 0 spiro atoms. The first-order valence-corrected chi connectivity index (χ1v) is 4.31. The van der Waals surface area contributed by atoms with E-state index in [2.05, 4.69) is 16.5 Å². The van der Waals surface area contributed by atoms with Crippen molar-refractivity contribution in [1.29, 1.82) is 5.26 Å². The van der Waals surface area contributed by atoms with Crippen molar-refractivity contribution in [2.24, 2.45) is 0 Å². The van der Waals surface area contributed by atoms with Gasteiger partial charge in [0, 0.05) is 6.07 Å². The molecule has 4 nitrogen and oxygen atoms in total. The topological polar surface area (TPSA) is 61.9 Å². The highest BCUT2D eigenvalue weighted by Gasteiger charge is 2.05. The summed E-state index contributed by atoms with van der Waals surface area (Å²) in [6, 6.07) is 3.91. The standard InChI is InChI=1S/C9H13N3O/c1-3-8(5-10)11-6-9-4-7(2)12-13-9/h4,8,11H,3,6H2,1-2H3. The summed E-state index contributed by atoms with van der Waals surface area (Å²) in [4.78, 5) is 0. The number of aromatic nitrogens is 1. The summed E-state index contributed by atoms with van der Waals surface area (Å²) in [5.74, 6) is 0.770. The van der Waals surface area contributed by atoms with E-state index in [0.29, 0.717) is 6.54 Å². The predicted molar refractivity (Wildman–Crippen MR) is 47.8 cm³/mol. The maximum atomic E-state index is 8.65. The average Bonchev–Trinajstić information content (AvgIpc) is 2.53. The molecular weight excluding hydrogens is 166 g/mol. The van der Waals surface area contributed by atoms with Crippen LogP contribution < -0.4 is 5.32 Å². The van der Waals surface area contributed by atoms with Crippen molar-refractivity contribution in [3.05, 3.63) is 17.5 Å². The van der Waals surface area contributed by atoms with Crippen LogP contribution in [-0.2, 0) is 6.54 Å². The van der Waals surface area contributed by atoms with Gasteiger partial charge in [0.15, 0.2) is 5.76 Å². The molecule has 1 N–H and O–H groups in total. The van der Waals surface area contributed by atoms with Crippen molar-refractivity contribution >= 4 is 0 Å². The van der Waals surface area contributed by atoms with Gasteiger partial charge >= 0.3 is 0 Å².